The predicted molar refractivity (Wildman–Crippen MR) is 67.0 cm³/mol. The van der Waals surface area contributed by atoms with Gasteiger partial charge in [-0.25, -0.2) is 0 Å². The predicted octanol–water partition coefficient (Wildman–Crippen LogP) is 1.21. The Morgan fingerprint density at radius 1 is 1.32 bits per heavy atom. The maximum Gasteiger partial charge on any atom is 0.320 e. The lowest BCUT2D eigenvalue weighted by Crippen LogP contribution is -2.24. The van der Waals surface area contributed by atoms with Crippen molar-refractivity contribution in [3.05, 3.63) is 47.7 Å². The number of aryl methyl sites for hydroxylation is 1. The Balaban J connectivity index is 1.65. The molecule has 0 spiro atoms. The number of rotatable bonds is 6. The van der Waals surface area contributed by atoms with E-state index in [4.69, 9.17) is 9.15 Å². The quantitative estimate of drug-likeness (QED) is 0.788. The van der Waals surface area contributed by atoms with Crippen molar-refractivity contribution in [1.82, 2.24) is 15.5 Å². The number of carbonyl (C=O) groups excluding carboxylic acids is 1. The zero-order chi connectivity index (χ0) is 13.5. The van der Waals surface area contributed by atoms with E-state index in [-0.39, 0.29) is 19.1 Å². The normalized spacial score (nSPS) is 10.4. The first kappa shape index (κ1) is 13.2. The number of hydrogen-bond donors (Lipinski definition) is 1. The van der Waals surface area contributed by atoms with Crippen LogP contribution in [0.5, 0.6) is 0 Å². The summed E-state index contributed by atoms with van der Waals surface area (Å²) in [7, 11) is 0. The summed E-state index contributed by atoms with van der Waals surface area (Å²) in [6, 6.07) is 9.53. The van der Waals surface area contributed by atoms with Crippen LogP contribution in [0.15, 0.2) is 34.7 Å². The Kier molecular flexibility index (Phi) is 4.63. The third-order valence-electron chi connectivity index (χ3n) is 2.36. The Bertz CT molecular complexity index is 525. The fourth-order valence-electron chi connectivity index (χ4n) is 1.47. The first-order valence-corrected chi connectivity index (χ1v) is 5.93. The maximum absolute atomic E-state index is 11.5. The Hall–Kier alpha value is -2.21. The van der Waals surface area contributed by atoms with Gasteiger partial charge in [0.25, 0.3) is 0 Å². The molecule has 0 amide bonds. The molecular formula is C13H15N3O3. The van der Waals surface area contributed by atoms with Gasteiger partial charge < -0.3 is 9.15 Å². The highest BCUT2D eigenvalue weighted by Gasteiger charge is 2.05. The first-order chi connectivity index (χ1) is 9.24. The average Bonchev–Trinajstić information content (AvgIpc) is 2.83. The molecule has 2 rings (SSSR count). The molecule has 0 bridgehead atoms. The summed E-state index contributed by atoms with van der Waals surface area (Å²) in [5.41, 5.74) is 0.961. The van der Waals surface area contributed by atoms with Gasteiger partial charge >= 0.3 is 5.97 Å². The van der Waals surface area contributed by atoms with E-state index in [1.54, 1.807) is 6.92 Å². The number of carbonyl (C=O) groups is 1. The number of benzene rings is 1. The van der Waals surface area contributed by atoms with Crippen LogP contribution in [0.3, 0.4) is 0 Å². The van der Waals surface area contributed by atoms with E-state index >= 15 is 0 Å². The highest BCUT2D eigenvalue weighted by Crippen LogP contribution is 2.00. The van der Waals surface area contributed by atoms with E-state index in [9.17, 15) is 4.79 Å². The van der Waals surface area contributed by atoms with Gasteiger partial charge in [-0.3, -0.25) is 10.1 Å². The Morgan fingerprint density at radius 2 is 2.11 bits per heavy atom. The standard InChI is InChI=1S/C13H15N3O3/c1-10-15-16-12(19-10)7-14-8-13(17)18-9-11-5-3-2-4-6-11/h2-6,14H,7-9H2,1H3. The monoisotopic (exact) mass is 261 g/mol. The van der Waals surface area contributed by atoms with Crippen LogP contribution in [-0.4, -0.2) is 22.7 Å². The SMILES string of the molecule is Cc1nnc(CNCC(=O)OCc2ccccc2)o1. The van der Waals surface area contributed by atoms with Gasteiger partial charge in [0.15, 0.2) is 0 Å². The molecule has 100 valence electrons. The molecule has 0 aliphatic heterocycles. The van der Waals surface area contributed by atoms with Gasteiger partial charge in [0.1, 0.15) is 6.61 Å². The number of hydrogen-bond acceptors (Lipinski definition) is 6. The first-order valence-electron chi connectivity index (χ1n) is 5.93. The molecule has 0 aliphatic rings. The number of nitrogens with zero attached hydrogens (tertiary/aromatic N) is 2. The van der Waals surface area contributed by atoms with Crippen LogP contribution in [0.4, 0.5) is 0 Å². The fourth-order valence-corrected chi connectivity index (χ4v) is 1.47. The lowest BCUT2D eigenvalue weighted by molar-refractivity contribution is -0.143. The summed E-state index contributed by atoms with van der Waals surface area (Å²) in [5.74, 6) is 0.636. The van der Waals surface area contributed by atoms with E-state index in [1.807, 2.05) is 30.3 Å². The number of aromatic nitrogens is 2. The second-order valence-corrected chi connectivity index (χ2v) is 3.96. The van der Waals surface area contributed by atoms with Crippen LogP contribution < -0.4 is 5.32 Å². The molecule has 0 unspecified atom stereocenters. The molecular weight excluding hydrogens is 246 g/mol. The van der Waals surface area contributed by atoms with Gasteiger partial charge in [0.05, 0.1) is 13.1 Å². The van der Waals surface area contributed by atoms with Crippen molar-refractivity contribution in [2.45, 2.75) is 20.1 Å². The molecule has 1 aromatic carbocycles. The summed E-state index contributed by atoms with van der Waals surface area (Å²) in [5, 5.41) is 10.4. The smallest absolute Gasteiger partial charge is 0.320 e. The summed E-state index contributed by atoms with van der Waals surface area (Å²) in [4.78, 5) is 11.5. The molecule has 6 heteroatoms. The van der Waals surface area contributed by atoms with Crippen molar-refractivity contribution >= 4 is 5.97 Å². The molecule has 0 saturated heterocycles. The van der Waals surface area contributed by atoms with Crippen LogP contribution >= 0.6 is 0 Å². The van der Waals surface area contributed by atoms with Gasteiger partial charge in [0, 0.05) is 6.92 Å². The van der Waals surface area contributed by atoms with E-state index in [0.29, 0.717) is 18.3 Å². The maximum atomic E-state index is 11.5. The topological polar surface area (TPSA) is 77.2 Å². The minimum absolute atomic E-state index is 0.105. The number of nitrogens with one attached hydrogen (secondary N) is 1. The van der Waals surface area contributed by atoms with Crippen molar-refractivity contribution in [3.63, 3.8) is 0 Å². The Morgan fingerprint density at radius 3 is 2.79 bits per heavy atom. The van der Waals surface area contributed by atoms with Crippen LogP contribution in [0.2, 0.25) is 0 Å². The average molecular weight is 261 g/mol. The summed E-state index contributed by atoms with van der Waals surface area (Å²) in [6.07, 6.45) is 0. The summed E-state index contributed by atoms with van der Waals surface area (Å²) in [6.45, 7) is 2.45. The van der Waals surface area contributed by atoms with E-state index in [2.05, 4.69) is 15.5 Å². The molecule has 0 aliphatic carbocycles. The number of esters is 1. The molecule has 0 saturated carbocycles. The molecule has 1 N–H and O–H groups in total. The highest BCUT2D eigenvalue weighted by molar-refractivity contribution is 5.71. The largest absolute Gasteiger partial charge is 0.460 e. The summed E-state index contributed by atoms with van der Waals surface area (Å²) < 4.78 is 10.3. The third-order valence-corrected chi connectivity index (χ3v) is 2.36. The molecule has 0 fully saturated rings. The van der Waals surface area contributed by atoms with Crippen LogP contribution in [0.25, 0.3) is 0 Å². The van der Waals surface area contributed by atoms with Gasteiger partial charge in [0.2, 0.25) is 11.8 Å². The third kappa shape index (κ3) is 4.51. The highest BCUT2D eigenvalue weighted by atomic mass is 16.5. The fraction of sp³-hybridized carbons (Fsp3) is 0.308. The minimum atomic E-state index is -0.319. The van der Waals surface area contributed by atoms with E-state index in [0.717, 1.165) is 5.56 Å². The van der Waals surface area contributed by atoms with Crippen molar-refractivity contribution in [3.8, 4) is 0 Å². The molecule has 2 aromatic rings. The molecule has 1 heterocycles. The molecule has 0 radical (unpaired) electrons. The molecule has 6 nitrogen and oxygen atoms in total. The van der Waals surface area contributed by atoms with E-state index < -0.39 is 0 Å². The lowest BCUT2D eigenvalue weighted by Gasteiger charge is -2.05. The molecule has 1 aromatic heterocycles. The van der Waals surface area contributed by atoms with Gasteiger partial charge in [-0.1, -0.05) is 30.3 Å². The second-order valence-electron chi connectivity index (χ2n) is 3.96. The van der Waals surface area contributed by atoms with Gasteiger partial charge in [-0.2, -0.15) is 0 Å². The van der Waals surface area contributed by atoms with E-state index in [1.165, 1.54) is 0 Å². The van der Waals surface area contributed by atoms with Crippen LogP contribution in [0, 0.1) is 6.92 Å². The lowest BCUT2D eigenvalue weighted by atomic mass is 10.2. The molecule has 19 heavy (non-hydrogen) atoms. The number of ether oxygens (including phenoxy) is 1. The molecule has 0 atom stereocenters. The van der Waals surface area contributed by atoms with Gasteiger partial charge in [-0.05, 0) is 5.56 Å². The summed E-state index contributed by atoms with van der Waals surface area (Å²) >= 11 is 0. The zero-order valence-electron chi connectivity index (χ0n) is 10.6. The van der Waals surface area contributed by atoms with Crippen molar-refractivity contribution in [1.29, 1.82) is 0 Å². The van der Waals surface area contributed by atoms with Crippen molar-refractivity contribution < 1.29 is 13.9 Å². The minimum Gasteiger partial charge on any atom is -0.460 e. The van der Waals surface area contributed by atoms with Crippen LogP contribution in [0.1, 0.15) is 17.3 Å². The Labute approximate surface area is 110 Å². The van der Waals surface area contributed by atoms with Crippen molar-refractivity contribution in [2.24, 2.45) is 0 Å². The van der Waals surface area contributed by atoms with Gasteiger partial charge in [-0.15, -0.1) is 10.2 Å². The van der Waals surface area contributed by atoms with Crippen LogP contribution in [-0.2, 0) is 22.7 Å². The second kappa shape index (κ2) is 6.65. The zero-order valence-corrected chi connectivity index (χ0v) is 10.6. The van der Waals surface area contributed by atoms with Crippen molar-refractivity contribution in [2.75, 3.05) is 6.54 Å².